The Bertz CT molecular complexity index is 735. The summed E-state index contributed by atoms with van der Waals surface area (Å²) in [6.07, 6.45) is 2.46. The van der Waals surface area contributed by atoms with Crippen molar-refractivity contribution in [1.29, 1.82) is 0 Å². The smallest absolute Gasteiger partial charge is 0.273 e. The molecule has 140 valence electrons. The average Bonchev–Trinajstić information content (AvgIpc) is 3.17. The Hall–Kier alpha value is -2.34. The molecule has 0 saturated carbocycles. The zero-order valence-corrected chi connectivity index (χ0v) is 15.7. The summed E-state index contributed by atoms with van der Waals surface area (Å²) >= 11 is 0. The van der Waals surface area contributed by atoms with Gasteiger partial charge in [-0.3, -0.25) is 9.69 Å². The number of aromatic nitrogens is 1. The monoisotopic (exact) mass is 357 g/mol. The van der Waals surface area contributed by atoms with Crippen molar-refractivity contribution in [2.24, 2.45) is 5.92 Å². The first-order chi connectivity index (χ1) is 12.6. The van der Waals surface area contributed by atoms with Gasteiger partial charge >= 0.3 is 0 Å². The van der Waals surface area contributed by atoms with Gasteiger partial charge in [0.25, 0.3) is 5.91 Å². The van der Waals surface area contributed by atoms with Crippen molar-refractivity contribution in [2.75, 3.05) is 26.7 Å². The van der Waals surface area contributed by atoms with Gasteiger partial charge in [-0.1, -0.05) is 24.2 Å². The van der Waals surface area contributed by atoms with Gasteiger partial charge in [-0.15, -0.1) is 0 Å². The molecule has 0 spiro atoms. The van der Waals surface area contributed by atoms with Crippen LogP contribution in [0.15, 0.2) is 34.9 Å². The standard InChI is InChI=1S/C20H27N3O3/c1-14-7-9-23(10-8-14)15(2)13-21-20(24)18-12-19(26-22-18)16-5-4-6-17(11-16)25-3/h4-6,11-12,14-15H,7-10,13H2,1-3H3,(H,21,24). The normalized spacial score (nSPS) is 17.0. The van der Waals surface area contributed by atoms with Crippen LogP contribution in [0.2, 0.25) is 0 Å². The summed E-state index contributed by atoms with van der Waals surface area (Å²) in [6.45, 7) is 7.26. The maximum absolute atomic E-state index is 12.4. The maximum atomic E-state index is 12.4. The minimum Gasteiger partial charge on any atom is -0.497 e. The van der Waals surface area contributed by atoms with E-state index in [0.29, 0.717) is 24.0 Å². The number of ether oxygens (including phenoxy) is 1. The molecule has 1 atom stereocenters. The van der Waals surface area contributed by atoms with Gasteiger partial charge in [0, 0.05) is 24.2 Å². The molecule has 6 nitrogen and oxygen atoms in total. The second-order valence-electron chi connectivity index (χ2n) is 7.09. The van der Waals surface area contributed by atoms with Gasteiger partial charge in [-0.2, -0.15) is 0 Å². The molecule has 1 unspecified atom stereocenters. The minimum atomic E-state index is -0.208. The Morgan fingerprint density at radius 1 is 1.38 bits per heavy atom. The summed E-state index contributed by atoms with van der Waals surface area (Å²) in [5.41, 5.74) is 1.12. The minimum absolute atomic E-state index is 0.208. The summed E-state index contributed by atoms with van der Waals surface area (Å²) in [5.74, 6) is 1.88. The van der Waals surface area contributed by atoms with Crippen molar-refractivity contribution in [2.45, 2.75) is 32.7 Å². The lowest BCUT2D eigenvalue weighted by atomic mass is 9.98. The Balaban J connectivity index is 1.56. The van der Waals surface area contributed by atoms with E-state index in [1.807, 2.05) is 24.3 Å². The SMILES string of the molecule is COc1cccc(-c2cc(C(=O)NCC(C)N3CCC(C)CC3)no2)c1. The van der Waals surface area contributed by atoms with Crippen molar-refractivity contribution in [3.63, 3.8) is 0 Å². The molecule has 1 N–H and O–H groups in total. The summed E-state index contributed by atoms with van der Waals surface area (Å²) in [7, 11) is 1.61. The van der Waals surface area contributed by atoms with Crippen molar-refractivity contribution >= 4 is 5.91 Å². The highest BCUT2D eigenvalue weighted by Crippen LogP contribution is 2.24. The highest BCUT2D eigenvalue weighted by molar-refractivity contribution is 5.93. The number of rotatable bonds is 6. The van der Waals surface area contributed by atoms with Gasteiger partial charge in [0.1, 0.15) is 5.75 Å². The number of hydrogen-bond acceptors (Lipinski definition) is 5. The molecule has 1 aromatic carbocycles. The van der Waals surface area contributed by atoms with Crippen LogP contribution in [-0.4, -0.2) is 48.7 Å². The number of likely N-dealkylation sites (tertiary alicyclic amines) is 1. The number of methoxy groups -OCH3 is 1. The second-order valence-corrected chi connectivity index (χ2v) is 7.09. The predicted octanol–water partition coefficient (Wildman–Crippen LogP) is 3.20. The van der Waals surface area contributed by atoms with E-state index >= 15 is 0 Å². The first kappa shape index (κ1) is 18.5. The Kier molecular flexibility index (Phi) is 5.93. The number of nitrogens with one attached hydrogen (secondary N) is 1. The van der Waals surface area contributed by atoms with Crippen LogP contribution in [0.1, 0.15) is 37.2 Å². The third-order valence-corrected chi connectivity index (χ3v) is 5.10. The van der Waals surface area contributed by atoms with Crippen molar-refractivity contribution in [3.05, 3.63) is 36.0 Å². The summed E-state index contributed by atoms with van der Waals surface area (Å²) in [5, 5.41) is 6.87. The fraction of sp³-hybridized carbons (Fsp3) is 0.500. The second kappa shape index (κ2) is 8.36. The molecule has 0 bridgehead atoms. The zero-order chi connectivity index (χ0) is 18.5. The van der Waals surface area contributed by atoms with E-state index in [1.165, 1.54) is 12.8 Å². The molecule has 6 heteroatoms. The van der Waals surface area contributed by atoms with E-state index in [-0.39, 0.29) is 5.91 Å². The first-order valence-corrected chi connectivity index (χ1v) is 9.20. The van der Waals surface area contributed by atoms with Crippen LogP contribution in [0.4, 0.5) is 0 Å². The number of carbonyl (C=O) groups excluding carboxylic acids is 1. The molecule has 1 amide bonds. The molecule has 1 fully saturated rings. The molecule has 26 heavy (non-hydrogen) atoms. The van der Waals surface area contributed by atoms with Crippen LogP contribution in [0, 0.1) is 5.92 Å². The van der Waals surface area contributed by atoms with Gasteiger partial charge < -0.3 is 14.6 Å². The Labute approximate surface area is 154 Å². The molecule has 1 aliphatic heterocycles. The van der Waals surface area contributed by atoms with E-state index in [9.17, 15) is 4.79 Å². The van der Waals surface area contributed by atoms with Gasteiger partial charge in [-0.05, 0) is 50.9 Å². The maximum Gasteiger partial charge on any atom is 0.273 e. The predicted molar refractivity (Wildman–Crippen MR) is 100 cm³/mol. The van der Waals surface area contributed by atoms with E-state index in [1.54, 1.807) is 13.2 Å². The molecule has 2 heterocycles. The van der Waals surface area contributed by atoms with Crippen molar-refractivity contribution < 1.29 is 14.1 Å². The molecule has 1 aliphatic rings. The number of amides is 1. The van der Waals surface area contributed by atoms with Crippen LogP contribution in [-0.2, 0) is 0 Å². The van der Waals surface area contributed by atoms with Gasteiger partial charge in [0.05, 0.1) is 7.11 Å². The van der Waals surface area contributed by atoms with Crippen LogP contribution in [0.5, 0.6) is 5.75 Å². The lowest BCUT2D eigenvalue weighted by molar-refractivity contribution is 0.0913. The van der Waals surface area contributed by atoms with Crippen LogP contribution in [0.3, 0.4) is 0 Å². The number of hydrogen-bond donors (Lipinski definition) is 1. The fourth-order valence-electron chi connectivity index (χ4n) is 3.22. The Morgan fingerprint density at radius 2 is 2.15 bits per heavy atom. The highest BCUT2D eigenvalue weighted by atomic mass is 16.5. The zero-order valence-electron chi connectivity index (χ0n) is 15.7. The molecule has 0 aliphatic carbocycles. The molecular weight excluding hydrogens is 330 g/mol. The largest absolute Gasteiger partial charge is 0.497 e. The number of carbonyl (C=O) groups is 1. The average molecular weight is 357 g/mol. The fourth-order valence-corrected chi connectivity index (χ4v) is 3.22. The summed E-state index contributed by atoms with van der Waals surface area (Å²) in [6, 6.07) is 9.45. The van der Waals surface area contributed by atoms with Crippen LogP contribution < -0.4 is 10.1 Å². The van der Waals surface area contributed by atoms with Crippen LogP contribution >= 0.6 is 0 Å². The summed E-state index contributed by atoms with van der Waals surface area (Å²) < 4.78 is 10.5. The lowest BCUT2D eigenvalue weighted by Gasteiger charge is -2.34. The number of piperidine rings is 1. The molecule has 1 aromatic heterocycles. The number of nitrogens with zero attached hydrogens (tertiary/aromatic N) is 2. The molecule has 2 aromatic rings. The molecule has 1 saturated heterocycles. The first-order valence-electron chi connectivity index (χ1n) is 9.20. The van der Waals surface area contributed by atoms with E-state index in [2.05, 4.69) is 29.2 Å². The quantitative estimate of drug-likeness (QED) is 0.860. The molecule has 3 rings (SSSR count). The third-order valence-electron chi connectivity index (χ3n) is 5.10. The lowest BCUT2D eigenvalue weighted by Crippen LogP contribution is -2.45. The van der Waals surface area contributed by atoms with Gasteiger partial charge in [-0.25, -0.2) is 0 Å². The topological polar surface area (TPSA) is 67.6 Å². The molecular formula is C20H27N3O3. The Morgan fingerprint density at radius 3 is 2.88 bits per heavy atom. The summed E-state index contributed by atoms with van der Waals surface area (Å²) in [4.78, 5) is 14.8. The highest BCUT2D eigenvalue weighted by Gasteiger charge is 2.21. The van der Waals surface area contributed by atoms with E-state index in [0.717, 1.165) is 30.3 Å². The van der Waals surface area contributed by atoms with E-state index in [4.69, 9.17) is 9.26 Å². The van der Waals surface area contributed by atoms with Crippen molar-refractivity contribution in [1.82, 2.24) is 15.4 Å². The van der Waals surface area contributed by atoms with Crippen molar-refractivity contribution in [3.8, 4) is 17.1 Å². The van der Waals surface area contributed by atoms with E-state index < -0.39 is 0 Å². The van der Waals surface area contributed by atoms with Gasteiger partial charge in [0.2, 0.25) is 0 Å². The third kappa shape index (κ3) is 4.43. The number of benzene rings is 1. The molecule has 0 radical (unpaired) electrons. The van der Waals surface area contributed by atoms with Crippen LogP contribution in [0.25, 0.3) is 11.3 Å². The van der Waals surface area contributed by atoms with Gasteiger partial charge in [0.15, 0.2) is 11.5 Å².